The van der Waals surface area contributed by atoms with Crippen molar-refractivity contribution >= 4 is 11.7 Å². The van der Waals surface area contributed by atoms with Crippen LogP contribution in [0.3, 0.4) is 0 Å². The number of carbonyl (C=O) groups excluding carboxylic acids is 1. The molecule has 0 heterocycles. The maximum absolute atomic E-state index is 13.5. The number of para-hydroxylation sites is 2. The van der Waals surface area contributed by atoms with Crippen LogP contribution in [0.25, 0.3) is 0 Å². The number of carbonyl (C=O) groups is 1. The molecule has 2 aromatic rings. The number of rotatable bonds is 6. The maximum Gasteiger partial charge on any atom is 0.422 e. The molecule has 3 N–H and O–H groups in total. The number of benzene rings is 2. The van der Waals surface area contributed by atoms with Gasteiger partial charge in [0.1, 0.15) is 11.6 Å². The van der Waals surface area contributed by atoms with Gasteiger partial charge in [0.2, 0.25) is 0 Å². The van der Waals surface area contributed by atoms with Crippen LogP contribution < -0.4 is 15.4 Å². The standard InChI is InChI=1S/C17H16F4N2O3/c18-12-6-2-1-5-11(12)14(24)9-22-16(25)23-13-7-3-4-8-15(13)26-10-17(19,20)21/h1-8,14,24H,9-10H2,(H2,22,23,25). The zero-order valence-electron chi connectivity index (χ0n) is 13.4. The predicted molar refractivity (Wildman–Crippen MR) is 86.4 cm³/mol. The van der Waals surface area contributed by atoms with Gasteiger partial charge in [-0.05, 0) is 18.2 Å². The minimum absolute atomic E-state index is 0.0155. The van der Waals surface area contributed by atoms with Gasteiger partial charge in [0.05, 0.1) is 11.8 Å². The number of aliphatic hydroxyl groups excluding tert-OH is 1. The first-order valence-electron chi connectivity index (χ1n) is 7.52. The largest absolute Gasteiger partial charge is 0.482 e. The Kier molecular flexibility index (Phi) is 6.40. The quantitative estimate of drug-likeness (QED) is 0.679. The molecule has 0 saturated heterocycles. The minimum atomic E-state index is -4.51. The van der Waals surface area contributed by atoms with E-state index in [-0.39, 0.29) is 23.5 Å². The number of hydrogen-bond acceptors (Lipinski definition) is 3. The van der Waals surface area contributed by atoms with Gasteiger partial charge >= 0.3 is 12.2 Å². The Morgan fingerprint density at radius 1 is 1.12 bits per heavy atom. The van der Waals surface area contributed by atoms with Crippen LogP contribution in [-0.2, 0) is 0 Å². The Labute approximate surface area is 146 Å². The van der Waals surface area contributed by atoms with Gasteiger partial charge in [-0.3, -0.25) is 0 Å². The molecule has 0 aliphatic heterocycles. The van der Waals surface area contributed by atoms with E-state index >= 15 is 0 Å². The third kappa shape index (κ3) is 5.92. The van der Waals surface area contributed by atoms with Gasteiger partial charge in [-0.25, -0.2) is 9.18 Å². The second-order valence-corrected chi connectivity index (χ2v) is 5.27. The summed E-state index contributed by atoms with van der Waals surface area (Å²) in [6.45, 7) is -1.79. The lowest BCUT2D eigenvalue weighted by Gasteiger charge is -2.16. The molecule has 26 heavy (non-hydrogen) atoms. The van der Waals surface area contributed by atoms with E-state index in [2.05, 4.69) is 15.4 Å². The van der Waals surface area contributed by atoms with Crippen molar-refractivity contribution in [2.24, 2.45) is 0 Å². The Morgan fingerprint density at radius 2 is 1.77 bits per heavy atom. The van der Waals surface area contributed by atoms with Crippen molar-refractivity contribution in [1.82, 2.24) is 5.32 Å². The first-order chi connectivity index (χ1) is 12.3. The molecule has 0 fully saturated rings. The van der Waals surface area contributed by atoms with Crippen molar-refractivity contribution in [3.63, 3.8) is 0 Å². The summed E-state index contributed by atoms with van der Waals surface area (Å²) in [7, 11) is 0. The summed E-state index contributed by atoms with van der Waals surface area (Å²) >= 11 is 0. The van der Waals surface area contributed by atoms with Crippen LogP contribution in [0.2, 0.25) is 0 Å². The molecular formula is C17H16F4N2O3. The second kappa shape index (κ2) is 8.52. The first kappa shape index (κ1) is 19.5. The molecule has 2 rings (SSSR count). The summed E-state index contributed by atoms with van der Waals surface area (Å²) in [5, 5.41) is 14.5. The number of halogens is 4. The van der Waals surface area contributed by atoms with Gasteiger partial charge in [0.15, 0.2) is 6.61 Å². The van der Waals surface area contributed by atoms with Crippen molar-refractivity contribution in [2.45, 2.75) is 12.3 Å². The van der Waals surface area contributed by atoms with Crippen LogP contribution in [0.15, 0.2) is 48.5 Å². The summed E-state index contributed by atoms with van der Waals surface area (Å²) in [4.78, 5) is 11.9. The molecule has 2 amide bonds. The van der Waals surface area contributed by atoms with Gasteiger partial charge in [0.25, 0.3) is 0 Å². The number of amides is 2. The highest BCUT2D eigenvalue weighted by Crippen LogP contribution is 2.26. The molecule has 9 heteroatoms. The van der Waals surface area contributed by atoms with Crippen LogP contribution in [0, 0.1) is 5.82 Å². The average molecular weight is 372 g/mol. The highest BCUT2D eigenvalue weighted by molar-refractivity contribution is 5.90. The predicted octanol–water partition coefficient (Wildman–Crippen LogP) is 3.62. The fraction of sp³-hybridized carbons (Fsp3) is 0.235. The number of anilines is 1. The zero-order chi connectivity index (χ0) is 19.2. The molecule has 0 aliphatic carbocycles. The molecule has 0 bridgehead atoms. The number of hydrogen-bond donors (Lipinski definition) is 3. The number of aliphatic hydroxyl groups is 1. The van der Waals surface area contributed by atoms with Crippen molar-refractivity contribution < 1.29 is 32.2 Å². The maximum atomic E-state index is 13.5. The molecule has 0 aliphatic rings. The van der Waals surface area contributed by atoms with E-state index in [4.69, 9.17) is 0 Å². The van der Waals surface area contributed by atoms with Gasteiger partial charge in [0, 0.05) is 12.1 Å². The molecule has 5 nitrogen and oxygen atoms in total. The highest BCUT2D eigenvalue weighted by Gasteiger charge is 2.28. The average Bonchev–Trinajstić information content (AvgIpc) is 2.58. The third-order valence-corrected chi connectivity index (χ3v) is 3.25. The van der Waals surface area contributed by atoms with Crippen LogP contribution >= 0.6 is 0 Å². The lowest BCUT2D eigenvalue weighted by Crippen LogP contribution is -2.32. The first-order valence-corrected chi connectivity index (χ1v) is 7.52. The van der Waals surface area contributed by atoms with Crippen molar-refractivity contribution in [3.05, 3.63) is 59.9 Å². The SMILES string of the molecule is O=C(NCC(O)c1ccccc1F)Nc1ccccc1OCC(F)(F)F. The van der Waals surface area contributed by atoms with Gasteiger partial charge in [-0.15, -0.1) is 0 Å². The fourth-order valence-corrected chi connectivity index (χ4v) is 2.07. The van der Waals surface area contributed by atoms with Crippen LogP contribution in [0.4, 0.5) is 28.0 Å². The molecule has 1 atom stereocenters. The lowest BCUT2D eigenvalue weighted by atomic mass is 10.1. The van der Waals surface area contributed by atoms with Gasteiger partial charge < -0.3 is 20.5 Å². The minimum Gasteiger partial charge on any atom is -0.482 e. The summed E-state index contributed by atoms with van der Waals surface area (Å²) in [5.74, 6) is -0.775. The number of alkyl halides is 3. The van der Waals surface area contributed by atoms with E-state index in [1.165, 1.54) is 48.5 Å². The van der Waals surface area contributed by atoms with Gasteiger partial charge in [-0.1, -0.05) is 30.3 Å². The van der Waals surface area contributed by atoms with E-state index < -0.39 is 30.7 Å². The number of urea groups is 1. The Hall–Kier alpha value is -2.81. The van der Waals surface area contributed by atoms with Crippen LogP contribution in [0.1, 0.15) is 11.7 Å². The molecule has 1 unspecified atom stereocenters. The van der Waals surface area contributed by atoms with Crippen LogP contribution in [-0.4, -0.2) is 30.5 Å². The second-order valence-electron chi connectivity index (χ2n) is 5.27. The summed E-state index contributed by atoms with van der Waals surface area (Å²) in [5.41, 5.74) is 0.0383. The van der Waals surface area contributed by atoms with Crippen LogP contribution in [0.5, 0.6) is 5.75 Å². The normalized spacial score (nSPS) is 12.3. The van der Waals surface area contributed by atoms with Crippen molar-refractivity contribution in [1.29, 1.82) is 0 Å². The van der Waals surface area contributed by atoms with E-state index in [0.717, 1.165) is 0 Å². The molecule has 0 saturated carbocycles. The smallest absolute Gasteiger partial charge is 0.422 e. The topological polar surface area (TPSA) is 70.6 Å². The van der Waals surface area contributed by atoms with Gasteiger partial charge in [-0.2, -0.15) is 13.2 Å². The number of nitrogens with one attached hydrogen (secondary N) is 2. The molecule has 2 aromatic carbocycles. The molecule has 0 radical (unpaired) electrons. The van der Waals surface area contributed by atoms with E-state index in [9.17, 15) is 27.5 Å². The Balaban J connectivity index is 1.93. The monoisotopic (exact) mass is 372 g/mol. The molecular weight excluding hydrogens is 356 g/mol. The summed E-state index contributed by atoms with van der Waals surface area (Å²) < 4.78 is 55.0. The van der Waals surface area contributed by atoms with Crippen molar-refractivity contribution in [3.8, 4) is 5.75 Å². The summed E-state index contributed by atoms with van der Waals surface area (Å²) in [6, 6.07) is 10.4. The van der Waals surface area contributed by atoms with E-state index in [1.807, 2.05) is 0 Å². The zero-order valence-corrected chi connectivity index (χ0v) is 13.4. The third-order valence-electron chi connectivity index (χ3n) is 3.25. The highest BCUT2D eigenvalue weighted by atomic mass is 19.4. The van der Waals surface area contributed by atoms with E-state index in [1.54, 1.807) is 0 Å². The lowest BCUT2D eigenvalue weighted by molar-refractivity contribution is -0.153. The molecule has 0 spiro atoms. The molecule has 140 valence electrons. The number of ether oxygens (including phenoxy) is 1. The van der Waals surface area contributed by atoms with Crippen molar-refractivity contribution in [2.75, 3.05) is 18.5 Å². The fourth-order valence-electron chi connectivity index (χ4n) is 2.07. The Morgan fingerprint density at radius 3 is 2.46 bits per heavy atom. The van der Waals surface area contributed by atoms with E-state index in [0.29, 0.717) is 0 Å². The summed E-state index contributed by atoms with van der Waals surface area (Å²) in [6.07, 6.45) is -5.79. The Bertz CT molecular complexity index is 753. The molecule has 0 aromatic heterocycles.